The number of carbonyl (C=O) groups is 2. The van der Waals surface area contributed by atoms with Crippen LogP contribution in [0.25, 0.3) is 0 Å². The Morgan fingerprint density at radius 1 is 1.45 bits per heavy atom. The van der Waals surface area contributed by atoms with Gasteiger partial charge in [0.1, 0.15) is 5.82 Å². The number of methoxy groups -OCH3 is 1. The van der Waals surface area contributed by atoms with Crippen LogP contribution in [0.15, 0.2) is 24.3 Å². The van der Waals surface area contributed by atoms with Gasteiger partial charge in [-0.05, 0) is 12.1 Å². The van der Waals surface area contributed by atoms with Gasteiger partial charge in [-0.3, -0.25) is 4.79 Å². The minimum atomic E-state index is -0.999. The van der Waals surface area contributed by atoms with Gasteiger partial charge in [0, 0.05) is 6.07 Å². The van der Waals surface area contributed by atoms with Gasteiger partial charge in [0.05, 0.1) is 17.7 Å². The van der Waals surface area contributed by atoms with Gasteiger partial charge in [-0.2, -0.15) is 9.78 Å². The molecule has 0 amide bonds. The molecule has 6 nitrogen and oxygen atoms in total. The van der Waals surface area contributed by atoms with Crippen LogP contribution in [0, 0.1) is 5.82 Å². The number of aromatic hydroxyl groups is 1. The number of carbonyl (C=O) groups excluding carboxylic acids is 2. The zero-order valence-corrected chi connectivity index (χ0v) is 10.9. The lowest BCUT2D eigenvalue weighted by atomic mass is 10.2. The van der Waals surface area contributed by atoms with E-state index >= 15 is 0 Å². The van der Waals surface area contributed by atoms with Crippen molar-refractivity contribution in [2.75, 3.05) is 7.11 Å². The maximum atomic E-state index is 13.6. The zero-order valence-electron chi connectivity index (χ0n) is 10.1. The highest BCUT2D eigenvalue weighted by Crippen LogP contribution is 2.22. The Bertz CT molecular complexity index is 679. The highest BCUT2D eigenvalue weighted by molar-refractivity contribution is 6.34. The molecule has 1 N–H and O–H groups in total. The Labute approximate surface area is 117 Å². The van der Waals surface area contributed by atoms with E-state index in [9.17, 15) is 19.1 Å². The van der Waals surface area contributed by atoms with E-state index in [1.807, 2.05) is 0 Å². The third kappa shape index (κ3) is 2.35. The number of rotatable bonds is 2. The monoisotopic (exact) mass is 298 g/mol. The maximum absolute atomic E-state index is 13.6. The van der Waals surface area contributed by atoms with Crippen LogP contribution >= 0.6 is 11.6 Å². The summed E-state index contributed by atoms with van der Waals surface area (Å²) in [5.74, 6) is -3.33. The molecular formula is C12H8ClFN2O4. The van der Waals surface area contributed by atoms with E-state index in [0.29, 0.717) is 4.68 Å². The van der Waals surface area contributed by atoms with Crippen molar-refractivity contribution < 1.29 is 23.8 Å². The lowest BCUT2D eigenvalue weighted by Crippen LogP contribution is -2.16. The van der Waals surface area contributed by atoms with Crippen molar-refractivity contribution >= 4 is 23.5 Å². The summed E-state index contributed by atoms with van der Waals surface area (Å²) < 4.78 is 18.5. The molecule has 0 aliphatic carbocycles. The lowest BCUT2D eigenvalue weighted by Gasteiger charge is -2.05. The molecular weight excluding hydrogens is 291 g/mol. The Morgan fingerprint density at radius 2 is 2.15 bits per heavy atom. The molecule has 0 saturated carbocycles. The molecule has 2 rings (SSSR count). The average molecular weight is 299 g/mol. The van der Waals surface area contributed by atoms with Crippen molar-refractivity contribution in [1.29, 1.82) is 0 Å². The predicted molar refractivity (Wildman–Crippen MR) is 66.4 cm³/mol. The maximum Gasteiger partial charge on any atom is 0.358 e. The summed E-state index contributed by atoms with van der Waals surface area (Å²) in [6, 6.07) is 4.62. The summed E-state index contributed by atoms with van der Waals surface area (Å²) in [5, 5.41) is 13.0. The van der Waals surface area contributed by atoms with E-state index in [2.05, 4.69) is 9.84 Å². The SMILES string of the molecule is COC(=O)c1cc(O)n(C(=O)c2c(F)cccc2Cl)n1. The van der Waals surface area contributed by atoms with Gasteiger partial charge in [-0.25, -0.2) is 9.18 Å². The molecule has 0 bridgehead atoms. The third-order valence-electron chi connectivity index (χ3n) is 2.45. The van der Waals surface area contributed by atoms with Crippen LogP contribution in [-0.4, -0.2) is 33.9 Å². The molecule has 0 aliphatic rings. The van der Waals surface area contributed by atoms with E-state index in [-0.39, 0.29) is 10.7 Å². The Balaban J connectivity index is 2.49. The number of halogens is 2. The van der Waals surface area contributed by atoms with E-state index in [0.717, 1.165) is 19.2 Å². The lowest BCUT2D eigenvalue weighted by molar-refractivity contribution is 0.0593. The summed E-state index contributed by atoms with van der Waals surface area (Å²) in [6.45, 7) is 0. The van der Waals surface area contributed by atoms with Crippen LogP contribution in [0.5, 0.6) is 5.88 Å². The molecule has 0 atom stereocenters. The van der Waals surface area contributed by atoms with Crippen LogP contribution < -0.4 is 0 Å². The second-order valence-electron chi connectivity index (χ2n) is 3.69. The number of hydrogen-bond acceptors (Lipinski definition) is 5. The summed E-state index contributed by atoms with van der Waals surface area (Å²) in [6.07, 6.45) is 0. The first-order valence-electron chi connectivity index (χ1n) is 5.31. The number of hydrogen-bond donors (Lipinski definition) is 1. The van der Waals surface area contributed by atoms with Crippen molar-refractivity contribution in [1.82, 2.24) is 9.78 Å². The molecule has 2 aromatic rings. The first-order chi connectivity index (χ1) is 9.45. The molecule has 0 spiro atoms. The van der Waals surface area contributed by atoms with Gasteiger partial charge in [-0.15, -0.1) is 0 Å². The van der Waals surface area contributed by atoms with Gasteiger partial charge in [0.25, 0.3) is 5.91 Å². The number of aromatic nitrogens is 2. The van der Waals surface area contributed by atoms with Crippen LogP contribution in [0.2, 0.25) is 5.02 Å². The fourth-order valence-electron chi connectivity index (χ4n) is 1.53. The van der Waals surface area contributed by atoms with Crippen molar-refractivity contribution in [3.05, 3.63) is 46.4 Å². The number of nitrogens with zero attached hydrogens (tertiary/aromatic N) is 2. The van der Waals surface area contributed by atoms with Crippen LogP contribution in [-0.2, 0) is 4.74 Å². The van der Waals surface area contributed by atoms with E-state index in [4.69, 9.17) is 11.6 Å². The normalized spacial score (nSPS) is 10.3. The average Bonchev–Trinajstić information content (AvgIpc) is 2.79. The molecule has 1 aromatic heterocycles. The molecule has 104 valence electrons. The van der Waals surface area contributed by atoms with Crippen molar-refractivity contribution in [2.45, 2.75) is 0 Å². The fourth-order valence-corrected chi connectivity index (χ4v) is 1.78. The van der Waals surface area contributed by atoms with Gasteiger partial charge in [-0.1, -0.05) is 17.7 Å². The topological polar surface area (TPSA) is 81.4 Å². The first kappa shape index (κ1) is 14.0. The summed E-state index contributed by atoms with van der Waals surface area (Å²) in [5.41, 5.74) is -0.741. The minimum absolute atomic E-state index is 0.135. The van der Waals surface area contributed by atoms with Crippen LogP contribution in [0.1, 0.15) is 20.8 Å². The number of ether oxygens (including phenoxy) is 1. The molecule has 0 radical (unpaired) electrons. The molecule has 0 unspecified atom stereocenters. The molecule has 0 aliphatic heterocycles. The highest BCUT2D eigenvalue weighted by atomic mass is 35.5. The molecule has 0 fully saturated rings. The first-order valence-corrected chi connectivity index (χ1v) is 5.69. The van der Waals surface area contributed by atoms with Crippen molar-refractivity contribution in [2.24, 2.45) is 0 Å². The van der Waals surface area contributed by atoms with Crippen LogP contribution in [0.4, 0.5) is 4.39 Å². The molecule has 0 saturated heterocycles. The Hall–Kier alpha value is -2.41. The summed E-state index contributed by atoms with van der Waals surface area (Å²) in [7, 11) is 1.12. The number of benzene rings is 1. The zero-order chi connectivity index (χ0) is 14.9. The minimum Gasteiger partial charge on any atom is -0.493 e. The van der Waals surface area contributed by atoms with Crippen molar-refractivity contribution in [3.63, 3.8) is 0 Å². The predicted octanol–water partition coefficient (Wildman–Crippen LogP) is 1.86. The van der Waals surface area contributed by atoms with Gasteiger partial charge >= 0.3 is 5.97 Å². The second kappa shape index (κ2) is 5.30. The van der Waals surface area contributed by atoms with Gasteiger partial charge in [0.2, 0.25) is 5.88 Å². The number of esters is 1. The van der Waals surface area contributed by atoms with E-state index in [1.54, 1.807) is 0 Å². The molecule has 8 heteroatoms. The highest BCUT2D eigenvalue weighted by Gasteiger charge is 2.23. The summed E-state index contributed by atoms with van der Waals surface area (Å²) >= 11 is 5.75. The molecule has 1 heterocycles. The Kier molecular flexibility index (Phi) is 3.71. The van der Waals surface area contributed by atoms with E-state index < -0.39 is 29.1 Å². The van der Waals surface area contributed by atoms with E-state index in [1.165, 1.54) is 12.1 Å². The van der Waals surface area contributed by atoms with Gasteiger partial charge < -0.3 is 9.84 Å². The second-order valence-corrected chi connectivity index (χ2v) is 4.10. The molecule has 20 heavy (non-hydrogen) atoms. The van der Waals surface area contributed by atoms with Crippen molar-refractivity contribution in [3.8, 4) is 5.88 Å². The Morgan fingerprint density at radius 3 is 2.75 bits per heavy atom. The quantitative estimate of drug-likeness (QED) is 0.856. The van der Waals surface area contributed by atoms with Crippen LogP contribution in [0.3, 0.4) is 0 Å². The van der Waals surface area contributed by atoms with Gasteiger partial charge in [0.15, 0.2) is 5.69 Å². The third-order valence-corrected chi connectivity index (χ3v) is 2.77. The fraction of sp³-hybridized carbons (Fsp3) is 0.0833. The molecule has 1 aromatic carbocycles. The largest absolute Gasteiger partial charge is 0.493 e. The summed E-state index contributed by atoms with van der Waals surface area (Å²) in [4.78, 5) is 23.3. The smallest absolute Gasteiger partial charge is 0.358 e. The standard InChI is InChI=1S/C12H8ClFN2O4/c1-20-12(19)8-5-9(17)16(15-8)11(18)10-6(13)3-2-4-7(10)14/h2-5,17H,1H3.